The molecule has 3 rings (SSSR count). The predicted octanol–water partition coefficient (Wildman–Crippen LogP) is 1.23. The van der Waals surface area contributed by atoms with Crippen LogP contribution in [0.25, 0.3) is 0 Å². The molecule has 2 heterocycles. The van der Waals surface area contributed by atoms with Gasteiger partial charge in [-0.05, 0) is 31.9 Å². The molecule has 2 aliphatic heterocycles. The molecule has 2 aliphatic rings. The second-order valence-electron chi connectivity index (χ2n) is 6.10. The van der Waals surface area contributed by atoms with E-state index >= 15 is 0 Å². The summed E-state index contributed by atoms with van der Waals surface area (Å²) in [6, 6.07) is 4.13. The zero-order valence-corrected chi connectivity index (χ0v) is 14.7. The third-order valence-electron chi connectivity index (χ3n) is 4.26. The molecule has 8 heteroatoms. The predicted molar refractivity (Wildman–Crippen MR) is 90.0 cm³/mol. The van der Waals surface area contributed by atoms with Gasteiger partial charge in [-0.1, -0.05) is 0 Å². The first-order valence-corrected chi connectivity index (χ1v) is 9.90. The Morgan fingerprint density at radius 3 is 2.42 bits per heavy atom. The van der Waals surface area contributed by atoms with Gasteiger partial charge in [0.25, 0.3) is 0 Å². The van der Waals surface area contributed by atoms with Gasteiger partial charge < -0.3 is 14.4 Å². The average Bonchev–Trinajstić information content (AvgIpc) is 3.07. The Bertz CT molecular complexity index is 728. The summed E-state index contributed by atoms with van der Waals surface area (Å²) in [5, 5.41) is 0. The van der Waals surface area contributed by atoms with Crippen LogP contribution in [-0.4, -0.2) is 57.8 Å². The molecule has 0 spiro atoms. The number of carbonyl (C=O) groups excluding carboxylic acids is 1. The summed E-state index contributed by atoms with van der Waals surface area (Å²) >= 11 is 0. The van der Waals surface area contributed by atoms with E-state index in [2.05, 4.69) is 0 Å². The standard InChI is InChI=1S/C16H22N2O5S/c1-12(16(19)17-7-3-4-8-17)18(24(2,20)21)13-5-6-14-15(11-13)23-10-9-22-14/h5-6,11-12H,3-4,7-10H2,1-2H3. The van der Waals surface area contributed by atoms with Crippen LogP contribution in [0, 0.1) is 0 Å². The maximum absolute atomic E-state index is 12.7. The molecule has 1 aromatic carbocycles. The first kappa shape index (κ1) is 16.9. The summed E-state index contributed by atoms with van der Waals surface area (Å²) in [5.74, 6) is 0.901. The molecule has 1 atom stereocenters. The van der Waals surface area contributed by atoms with Gasteiger partial charge in [0.05, 0.1) is 11.9 Å². The van der Waals surface area contributed by atoms with Gasteiger partial charge in [-0.25, -0.2) is 8.42 Å². The van der Waals surface area contributed by atoms with Crippen LogP contribution >= 0.6 is 0 Å². The van der Waals surface area contributed by atoms with E-state index in [1.165, 1.54) is 0 Å². The van der Waals surface area contributed by atoms with Crippen molar-refractivity contribution in [3.63, 3.8) is 0 Å². The number of anilines is 1. The largest absolute Gasteiger partial charge is 0.486 e. The summed E-state index contributed by atoms with van der Waals surface area (Å²) in [6.45, 7) is 3.87. The van der Waals surface area contributed by atoms with Crippen LogP contribution in [0.15, 0.2) is 18.2 Å². The normalized spacial score (nSPS) is 18.3. The minimum atomic E-state index is -3.63. The molecule has 1 amide bonds. The quantitative estimate of drug-likeness (QED) is 0.813. The molecule has 0 N–H and O–H groups in total. The first-order chi connectivity index (χ1) is 11.4. The van der Waals surface area contributed by atoms with Gasteiger partial charge in [-0.3, -0.25) is 9.10 Å². The minimum Gasteiger partial charge on any atom is -0.486 e. The summed E-state index contributed by atoms with van der Waals surface area (Å²) in [7, 11) is -3.63. The zero-order valence-electron chi connectivity index (χ0n) is 13.9. The number of hydrogen-bond acceptors (Lipinski definition) is 5. The Labute approximate surface area is 142 Å². The van der Waals surface area contributed by atoms with E-state index in [0.717, 1.165) is 23.4 Å². The van der Waals surface area contributed by atoms with E-state index in [-0.39, 0.29) is 5.91 Å². The first-order valence-electron chi connectivity index (χ1n) is 8.06. The SMILES string of the molecule is CC(C(=O)N1CCCC1)N(c1ccc2c(c1)OCCO2)S(C)(=O)=O. The van der Waals surface area contributed by atoms with Crippen molar-refractivity contribution in [2.24, 2.45) is 0 Å². The Kier molecular flexibility index (Phi) is 4.58. The number of hydrogen-bond donors (Lipinski definition) is 0. The van der Waals surface area contributed by atoms with Gasteiger partial charge >= 0.3 is 0 Å². The van der Waals surface area contributed by atoms with Gasteiger partial charge in [0.2, 0.25) is 15.9 Å². The van der Waals surface area contributed by atoms with Crippen molar-refractivity contribution in [2.75, 3.05) is 36.9 Å². The summed E-state index contributed by atoms with van der Waals surface area (Å²) in [5.41, 5.74) is 0.404. The number of amides is 1. The highest BCUT2D eigenvalue weighted by Gasteiger charge is 2.33. The molecule has 132 valence electrons. The fourth-order valence-corrected chi connectivity index (χ4v) is 4.33. The molecule has 0 aromatic heterocycles. The van der Waals surface area contributed by atoms with Crippen molar-refractivity contribution in [2.45, 2.75) is 25.8 Å². The van der Waals surface area contributed by atoms with E-state index in [9.17, 15) is 13.2 Å². The molecule has 1 saturated heterocycles. The van der Waals surface area contributed by atoms with E-state index in [4.69, 9.17) is 9.47 Å². The third-order valence-corrected chi connectivity index (χ3v) is 5.51. The smallest absolute Gasteiger partial charge is 0.246 e. The topological polar surface area (TPSA) is 76.2 Å². The number of nitrogens with zero attached hydrogens (tertiary/aromatic N) is 2. The van der Waals surface area contributed by atoms with Crippen LogP contribution in [0.4, 0.5) is 5.69 Å². The van der Waals surface area contributed by atoms with E-state index in [1.807, 2.05) is 0 Å². The van der Waals surface area contributed by atoms with Crippen molar-refractivity contribution < 1.29 is 22.7 Å². The zero-order chi connectivity index (χ0) is 17.3. The van der Waals surface area contributed by atoms with Crippen molar-refractivity contribution in [1.29, 1.82) is 0 Å². The van der Waals surface area contributed by atoms with Gasteiger partial charge in [0.1, 0.15) is 19.3 Å². The molecule has 7 nitrogen and oxygen atoms in total. The third kappa shape index (κ3) is 3.28. The molecule has 1 aromatic rings. The van der Waals surface area contributed by atoms with Gasteiger partial charge in [-0.15, -0.1) is 0 Å². The highest BCUT2D eigenvalue weighted by Crippen LogP contribution is 2.35. The summed E-state index contributed by atoms with van der Waals surface area (Å²) in [6.07, 6.45) is 3.03. The van der Waals surface area contributed by atoms with E-state index < -0.39 is 16.1 Å². The Hall–Kier alpha value is -1.96. The number of rotatable bonds is 4. The van der Waals surface area contributed by atoms with Gasteiger partial charge in [0.15, 0.2) is 11.5 Å². The molecule has 1 unspecified atom stereocenters. The molecule has 0 radical (unpaired) electrons. The Morgan fingerprint density at radius 2 is 1.79 bits per heavy atom. The molecular formula is C16H22N2O5S. The van der Waals surface area contributed by atoms with Gasteiger partial charge in [-0.2, -0.15) is 0 Å². The monoisotopic (exact) mass is 354 g/mol. The minimum absolute atomic E-state index is 0.173. The second kappa shape index (κ2) is 6.51. The number of ether oxygens (including phenoxy) is 2. The number of carbonyl (C=O) groups is 1. The van der Waals surface area contributed by atoms with E-state index in [1.54, 1.807) is 30.0 Å². The van der Waals surface area contributed by atoms with Crippen LogP contribution in [0.3, 0.4) is 0 Å². The Balaban J connectivity index is 1.93. The number of sulfonamides is 1. The number of likely N-dealkylation sites (tertiary alicyclic amines) is 1. The second-order valence-corrected chi connectivity index (χ2v) is 7.95. The maximum atomic E-state index is 12.7. The maximum Gasteiger partial charge on any atom is 0.246 e. The molecular weight excluding hydrogens is 332 g/mol. The van der Waals surface area contributed by atoms with Crippen LogP contribution < -0.4 is 13.8 Å². The average molecular weight is 354 g/mol. The molecule has 0 aliphatic carbocycles. The lowest BCUT2D eigenvalue weighted by Gasteiger charge is -2.31. The van der Waals surface area contributed by atoms with Crippen molar-refractivity contribution >= 4 is 21.6 Å². The molecule has 0 bridgehead atoms. The lowest BCUT2D eigenvalue weighted by atomic mass is 10.2. The van der Waals surface area contributed by atoms with Crippen LogP contribution in [0.1, 0.15) is 19.8 Å². The van der Waals surface area contributed by atoms with Crippen molar-refractivity contribution in [1.82, 2.24) is 4.90 Å². The molecule has 24 heavy (non-hydrogen) atoms. The molecule has 0 saturated carbocycles. The van der Waals surface area contributed by atoms with E-state index in [0.29, 0.717) is 43.5 Å². The van der Waals surface area contributed by atoms with Crippen molar-refractivity contribution in [3.8, 4) is 11.5 Å². The number of fused-ring (bicyclic) bond motifs is 1. The van der Waals surface area contributed by atoms with Crippen LogP contribution in [0.2, 0.25) is 0 Å². The lowest BCUT2D eigenvalue weighted by Crippen LogP contribution is -2.48. The van der Waals surface area contributed by atoms with Gasteiger partial charge in [0, 0.05) is 19.2 Å². The fourth-order valence-electron chi connectivity index (χ4n) is 3.17. The summed E-state index contributed by atoms with van der Waals surface area (Å²) < 4.78 is 36.8. The van der Waals surface area contributed by atoms with Crippen molar-refractivity contribution in [3.05, 3.63) is 18.2 Å². The van der Waals surface area contributed by atoms with Crippen LogP contribution in [-0.2, 0) is 14.8 Å². The molecule has 1 fully saturated rings. The Morgan fingerprint density at radius 1 is 1.17 bits per heavy atom. The number of benzene rings is 1. The fraction of sp³-hybridized carbons (Fsp3) is 0.562. The lowest BCUT2D eigenvalue weighted by molar-refractivity contribution is -0.130. The highest BCUT2D eigenvalue weighted by molar-refractivity contribution is 7.92. The summed E-state index contributed by atoms with van der Waals surface area (Å²) in [4.78, 5) is 14.4. The highest BCUT2D eigenvalue weighted by atomic mass is 32.2. The van der Waals surface area contributed by atoms with Crippen LogP contribution in [0.5, 0.6) is 11.5 Å².